The third-order valence-electron chi connectivity index (χ3n) is 5.21. The lowest BCUT2D eigenvalue weighted by Gasteiger charge is -2.31. The number of likely N-dealkylation sites (tertiary alicyclic amines) is 1. The first-order chi connectivity index (χ1) is 13.6. The molecule has 150 valence electrons. The first-order valence-electron chi connectivity index (χ1n) is 9.98. The van der Waals surface area contributed by atoms with Crippen molar-refractivity contribution < 1.29 is 9.18 Å². The second-order valence-corrected chi connectivity index (χ2v) is 8.58. The van der Waals surface area contributed by atoms with E-state index in [0.717, 1.165) is 43.8 Å². The van der Waals surface area contributed by atoms with Gasteiger partial charge in [0.1, 0.15) is 5.82 Å². The van der Waals surface area contributed by atoms with Crippen molar-refractivity contribution >= 4 is 17.7 Å². The Morgan fingerprint density at radius 3 is 2.71 bits per heavy atom. The first-order valence-corrected chi connectivity index (χ1v) is 11.1. The quantitative estimate of drug-likeness (QED) is 0.667. The number of benzene rings is 2. The van der Waals surface area contributed by atoms with Gasteiger partial charge in [-0.1, -0.05) is 48.0 Å². The second kappa shape index (κ2) is 10.6. The van der Waals surface area contributed by atoms with Gasteiger partial charge >= 0.3 is 0 Å². The van der Waals surface area contributed by atoms with Crippen LogP contribution in [-0.4, -0.2) is 36.2 Å². The van der Waals surface area contributed by atoms with Crippen molar-refractivity contribution in [3.63, 3.8) is 0 Å². The Morgan fingerprint density at radius 1 is 1.18 bits per heavy atom. The Kier molecular flexibility index (Phi) is 7.92. The van der Waals surface area contributed by atoms with E-state index in [4.69, 9.17) is 0 Å². The van der Waals surface area contributed by atoms with Crippen LogP contribution in [0.2, 0.25) is 0 Å². The third-order valence-corrected chi connectivity index (χ3v) is 6.22. The minimum Gasteiger partial charge on any atom is -0.355 e. The van der Waals surface area contributed by atoms with E-state index in [1.807, 2.05) is 12.1 Å². The smallest absolute Gasteiger partial charge is 0.223 e. The van der Waals surface area contributed by atoms with E-state index < -0.39 is 0 Å². The van der Waals surface area contributed by atoms with Crippen LogP contribution in [0.3, 0.4) is 0 Å². The number of nitrogens with one attached hydrogen (secondary N) is 1. The van der Waals surface area contributed by atoms with Crippen LogP contribution in [-0.2, 0) is 17.1 Å². The summed E-state index contributed by atoms with van der Waals surface area (Å²) in [6.07, 6.45) is 1.83. The summed E-state index contributed by atoms with van der Waals surface area (Å²) in [6.45, 7) is 5.65. The highest BCUT2D eigenvalue weighted by molar-refractivity contribution is 7.98. The molecule has 3 rings (SSSR count). The Balaban J connectivity index is 1.31. The van der Waals surface area contributed by atoms with Gasteiger partial charge in [0.2, 0.25) is 5.91 Å². The number of carbonyl (C=O) groups is 1. The van der Waals surface area contributed by atoms with Crippen molar-refractivity contribution in [3.05, 3.63) is 71.0 Å². The van der Waals surface area contributed by atoms with Gasteiger partial charge in [0.05, 0.1) is 0 Å². The zero-order valence-electron chi connectivity index (χ0n) is 16.5. The van der Waals surface area contributed by atoms with Crippen LogP contribution in [0.15, 0.2) is 48.5 Å². The third kappa shape index (κ3) is 6.35. The molecule has 0 unspecified atom stereocenters. The Labute approximate surface area is 171 Å². The van der Waals surface area contributed by atoms with Gasteiger partial charge < -0.3 is 5.32 Å². The summed E-state index contributed by atoms with van der Waals surface area (Å²) in [5.41, 5.74) is 3.36. The van der Waals surface area contributed by atoms with E-state index in [2.05, 4.69) is 41.4 Å². The van der Waals surface area contributed by atoms with Gasteiger partial charge in [0, 0.05) is 30.5 Å². The van der Waals surface area contributed by atoms with Crippen LogP contribution >= 0.6 is 11.8 Å². The molecule has 0 spiro atoms. The molecule has 1 aliphatic rings. The van der Waals surface area contributed by atoms with Gasteiger partial charge in [0.25, 0.3) is 0 Å². The van der Waals surface area contributed by atoms with Crippen LogP contribution in [0, 0.1) is 18.7 Å². The predicted molar refractivity (Wildman–Crippen MR) is 115 cm³/mol. The minimum absolute atomic E-state index is 0.116. The molecule has 28 heavy (non-hydrogen) atoms. The molecule has 2 aromatic carbocycles. The van der Waals surface area contributed by atoms with E-state index >= 15 is 0 Å². The summed E-state index contributed by atoms with van der Waals surface area (Å²) in [4.78, 5) is 14.8. The molecule has 1 N–H and O–H groups in total. The van der Waals surface area contributed by atoms with Crippen molar-refractivity contribution in [2.24, 2.45) is 5.92 Å². The van der Waals surface area contributed by atoms with Crippen molar-refractivity contribution in [3.8, 4) is 0 Å². The van der Waals surface area contributed by atoms with E-state index in [1.54, 1.807) is 17.8 Å². The Morgan fingerprint density at radius 2 is 1.96 bits per heavy atom. The van der Waals surface area contributed by atoms with E-state index in [-0.39, 0.29) is 17.6 Å². The van der Waals surface area contributed by atoms with Gasteiger partial charge in [0.15, 0.2) is 0 Å². The number of hydrogen-bond acceptors (Lipinski definition) is 3. The maximum Gasteiger partial charge on any atom is 0.223 e. The topological polar surface area (TPSA) is 32.3 Å². The number of amides is 1. The molecule has 3 nitrogen and oxygen atoms in total. The fraction of sp³-hybridized carbons (Fsp3) is 0.435. The first kappa shape index (κ1) is 20.9. The predicted octanol–water partition coefficient (Wildman–Crippen LogP) is 4.40. The average molecular weight is 401 g/mol. The van der Waals surface area contributed by atoms with Gasteiger partial charge in [-0.2, -0.15) is 11.8 Å². The number of piperidine rings is 1. The largest absolute Gasteiger partial charge is 0.355 e. The highest BCUT2D eigenvalue weighted by Gasteiger charge is 2.24. The molecule has 0 saturated carbocycles. The molecule has 1 amide bonds. The van der Waals surface area contributed by atoms with Crippen LogP contribution in [0.4, 0.5) is 4.39 Å². The lowest BCUT2D eigenvalue weighted by Crippen LogP contribution is -2.40. The summed E-state index contributed by atoms with van der Waals surface area (Å²) < 4.78 is 13.6. The lowest BCUT2D eigenvalue weighted by molar-refractivity contribution is -0.126. The maximum atomic E-state index is 13.6. The molecule has 0 radical (unpaired) electrons. The summed E-state index contributed by atoms with van der Waals surface area (Å²) in [5.74, 6) is 1.56. The maximum absolute atomic E-state index is 13.6. The summed E-state index contributed by atoms with van der Waals surface area (Å²) in [6, 6.07) is 15.5. The van der Waals surface area contributed by atoms with Gasteiger partial charge in [-0.3, -0.25) is 9.69 Å². The molecule has 5 heteroatoms. The molecule has 0 aromatic heterocycles. The SMILES string of the molecule is Cc1cccc(CN2CCC(C(=O)NCCSCc3ccccc3F)CC2)c1. The van der Waals surface area contributed by atoms with Crippen molar-refractivity contribution in [1.82, 2.24) is 10.2 Å². The van der Waals surface area contributed by atoms with E-state index in [9.17, 15) is 9.18 Å². The average Bonchev–Trinajstić information content (AvgIpc) is 2.69. The monoisotopic (exact) mass is 400 g/mol. The molecule has 0 bridgehead atoms. The van der Waals surface area contributed by atoms with Crippen molar-refractivity contribution in [2.45, 2.75) is 32.1 Å². The van der Waals surface area contributed by atoms with Gasteiger partial charge in [-0.05, 0) is 50.0 Å². The lowest BCUT2D eigenvalue weighted by atomic mass is 9.95. The number of rotatable bonds is 8. The molecule has 0 atom stereocenters. The highest BCUT2D eigenvalue weighted by Crippen LogP contribution is 2.20. The summed E-state index contributed by atoms with van der Waals surface area (Å²) in [5, 5.41) is 3.05. The molecule has 2 aromatic rings. The van der Waals surface area contributed by atoms with Crippen LogP contribution in [0.1, 0.15) is 29.5 Å². The second-order valence-electron chi connectivity index (χ2n) is 7.47. The summed E-state index contributed by atoms with van der Waals surface area (Å²) in [7, 11) is 0. The molecule has 1 fully saturated rings. The normalized spacial score (nSPS) is 15.5. The standard InChI is InChI=1S/C23H29FN2OS/c1-18-5-4-6-19(15-18)16-26-12-9-20(10-13-26)23(27)25-11-14-28-17-21-7-2-3-8-22(21)24/h2-8,15,20H,9-14,16-17H2,1H3,(H,25,27). The molecule has 1 heterocycles. The van der Waals surface area contributed by atoms with E-state index in [1.165, 1.54) is 17.2 Å². The molecule has 0 aliphatic carbocycles. The number of carbonyl (C=O) groups excluding carboxylic acids is 1. The van der Waals surface area contributed by atoms with E-state index in [0.29, 0.717) is 12.3 Å². The van der Waals surface area contributed by atoms with Gasteiger partial charge in [-0.25, -0.2) is 4.39 Å². The number of thioether (sulfide) groups is 1. The van der Waals surface area contributed by atoms with Crippen LogP contribution < -0.4 is 5.32 Å². The highest BCUT2D eigenvalue weighted by atomic mass is 32.2. The summed E-state index contributed by atoms with van der Waals surface area (Å²) >= 11 is 1.65. The minimum atomic E-state index is -0.156. The molecular weight excluding hydrogens is 371 g/mol. The van der Waals surface area contributed by atoms with Crippen LogP contribution in [0.5, 0.6) is 0 Å². The zero-order chi connectivity index (χ0) is 19.8. The zero-order valence-corrected chi connectivity index (χ0v) is 17.3. The van der Waals surface area contributed by atoms with Crippen LogP contribution in [0.25, 0.3) is 0 Å². The van der Waals surface area contributed by atoms with Crippen molar-refractivity contribution in [1.29, 1.82) is 0 Å². The fourth-order valence-electron chi connectivity index (χ4n) is 3.61. The van der Waals surface area contributed by atoms with Gasteiger partial charge in [-0.15, -0.1) is 0 Å². The molecule has 1 aliphatic heterocycles. The number of aryl methyl sites for hydroxylation is 1. The molecule has 1 saturated heterocycles. The Hall–Kier alpha value is -1.85. The number of halogens is 1. The molecular formula is C23H29FN2OS. The number of nitrogens with zero attached hydrogens (tertiary/aromatic N) is 1. The number of hydrogen-bond donors (Lipinski definition) is 1. The fourth-order valence-corrected chi connectivity index (χ4v) is 4.46. The Bertz CT molecular complexity index is 775. The van der Waals surface area contributed by atoms with Crippen molar-refractivity contribution in [2.75, 3.05) is 25.4 Å².